The third-order valence-corrected chi connectivity index (χ3v) is 5.51. The second-order valence-electron chi connectivity index (χ2n) is 6.19. The van der Waals surface area contributed by atoms with Gasteiger partial charge in [0.25, 0.3) is 0 Å². The van der Waals surface area contributed by atoms with Crippen molar-refractivity contribution in [2.24, 2.45) is 5.92 Å². The smallest absolute Gasteiger partial charge is 0.231 e. The van der Waals surface area contributed by atoms with E-state index >= 15 is 0 Å². The molecule has 6 heteroatoms. The van der Waals surface area contributed by atoms with E-state index in [4.69, 9.17) is 6.42 Å². The van der Waals surface area contributed by atoms with Gasteiger partial charge in [0.05, 0.1) is 5.75 Å². The highest BCUT2D eigenvalue weighted by Gasteiger charge is 2.25. The maximum Gasteiger partial charge on any atom is 0.231 e. The fraction of sp³-hybridized carbons (Fsp3) is 0.706. The van der Waals surface area contributed by atoms with Crippen molar-refractivity contribution < 1.29 is 4.79 Å². The molecule has 1 amide bonds. The van der Waals surface area contributed by atoms with Crippen molar-refractivity contribution in [2.75, 3.05) is 5.75 Å². The quantitative estimate of drug-likeness (QED) is 0.566. The molecule has 0 radical (unpaired) electrons. The van der Waals surface area contributed by atoms with Crippen LogP contribution in [0.25, 0.3) is 0 Å². The van der Waals surface area contributed by atoms with Crippen LogP contribution < -0.4 is 5.32 Å². The molecule has 1 aromatic heterocycles. The second kappa shape index (κ2) is 8.39. The SMILES string of the molecule is C#CC(CC)(CC)NC(=O)CSc1n[nH]c(CC2CCCC2)n1. The van der Waals surface area contributed by atoms with Crippen molar-refractivity contribution in [3.8, 4) is 12.3 Å². The Morgan fingerprint density at radius 1 is 1.43 bits per heavy atom. The zero-order valence-electron chi connectivity index (χ0n) is 14.0. The van der Waals surface area contributed by atoms with Gasteiger partial charge in [-0.2, -0.15) is 0 Å². The summed E-state index contributed by atoms with van der Waals surface area (Å²) in [5, 5.41) is 10.8. The number of aromatic nitrogens is 3. The molecule has 1 fully saturated rings. The number of carbonyl (C=O) groups is 1. The molecule has 1 saturated carbocycles. The van der Waals surface area contributed by atoms with Crippen LogP contribution in [0.15, 0.2) is 5.16 Å². The minimum atomic E-state index is -0.537. The molecule has 1 aromatic rings. The molecule has 126 valence electrons. The van der Waals surface area contributed by atoms with E-state index in [-0.39, 0.29) is 11.7 Å². The summed E-state index contributed by atoms with van der Waals surface area (Å²) < 4.78 is 0. The Kier molecular flexibility index (Phi) is 6.52. The van der Waals surface area contributed by atoms with Crippen LogP contribution in [0, 0.1) is 18.3 Å². The molecule has 0 aliphatic heterocycles. The van der Waals surface area contributed by atoms with Crippen molar-refractivity contribution in [2.45, 2.75) is 69.5 Å². The summed E-state index contributed by atoms with van der Waals surface area (Å²) in [7, 11) is 0. The first-order chi connectivity index (χ1) is 11.1. The first kappa shape index (κ1) is 17.9. The normalized spacial score (nSPS) is 15.5. The highest BCUT2D eigenvalue weighted by atomic mass is 32.2. The highest BCUT2D eigenvalue weighted by molar-refractivity contribution is 7.99. The van der Waals surface area contributed by atoms with Gasteiger partial charge in [0, 0.05) is 6.42 Å². The predicted molar refractivity (Wildman–Crippen MR) is 93.1 cm³/mol. The molecular weight excluding hydrogens is 308 g/mol. The van der Waals surface area contributed by atoms with Crippen LogP contribution in [0.2, 0.25) is 0 Å². The van der Waals surface area contributed by atoms with Crippen molar-refractivity contribution in [3.63, 3.8) is 0 Å². The Hall–Kier alpha value is -1.48. The van der Waals surface area contributed by atoms with E-state index in [1.807, 2.05) is 13.8 Å². The number of thioether (sulfide) groups is 1. The van der Waals surface area contributed by atoms with Crippen LogP contribution in [0.4, 0.5) is 0 Å². The van der Waals surface area contributed by atoms with E-state index in [9.17, 15) is 4.79 Å². The third kappa shape index (κ3) is 5.00. The average Bonchev–Trinajstić information content (AvgIpc) is 3.23. The van der Waals surface area contributed by atoms with E-state index < -0.39 is 5.54 Å². The van der Waals surface area contributed by atoms with Crippen molar-refractivity contribution in [3.05, 3.63) is 5.82 Å². The molecule has 1 aliphatic carbocycles. The number of amides is 1. The number of hydrogen-bond donors (Lipinski definition) is 2. The largest absolute Gasteiger partial charge is 0.339 e. The standard InChI is InChI=1S/C17H26N4OS/c1-4-17(5-2,6-3)19-15(22)12-23-16-18-14(20-21-16)11-13-9-7-8-10-13/h1,13H,5-12H2,2-3H3,(H,19,22)(H,18,20,21). The number of H-pyrrole nitrogens is 1. The van der Waals surface area contributed by atoms with Gasteiger partial charge in [-0.1, -0.05) is 57.2 Å². The van der Waals surface area contributed by atoms with Crippen LogP contribution >= 0.6 is 11.8 Å². The van der Waals surface area contributed by atoms with Crippen LogP contribution in [0.5, 0.6) is 0 Å². The van der Waals surface area contributed by atoms with Gasteiger partial charge in [-0.25, -0.2) is 4.98 Å². The molecule has 5 nitrogen and oxygen atoms in total. The molecule has 1 aliphatic rings. The molecule has 0 bridgehead atoms. The summed E-state index contributed by atoms with van der Waals surface area (Å²) in [5.41, 5.74) is -0.537. The number of nitrogens with one attached hydrogen (secondary N) is 2. The first-order valence-corrected chi connectivity index (χ1v) is 9.42. The number of carbonyl (C=O) groups excluding carboxylic acids is 1. The molecule has 2 N–H and O–H groups in total. The lowest BCUT2D eigenvalue weighted by atomic mass is 9.94. The number of terminal acetylenes is 1. The Morgan fingerprint density at radius 2 is 2.13 bits per heavy atom. The lowest BCUT2D eigenvalue weighted by Crippen LogP contribution is -2.47. The van der Waals surface area contributed by atoms with Gasteiger partial charge in [0.15, 0.2) is 0 Å². The molecule has 0 saturated heterocycles. The summed E-state index contributed by atoms with van der Waals surface area (Å²) in [6.07, 6.45) is 13.2. The maximum absolute atomic E-state index is 12.1. The number of aromatic amines is 1. The van der Waals surface area contributed by atoms with Crippen LogP contribution in [-0.2, 0) is 11.2 Å². The van der Waals surface area contributed by atoms with Crippen LogP contribution in [0.1, 0.15) is 58.2 Å². The fourth-order valence-electron chi connectivity index (χ4n) is 3.02. The van der Waals surface area contributed by atoms with Crippen molar-refractivity contribution in [1.29, 1.82) is 0 Å². The average molecular weight is 334 g/mol. The van der Waals surface area contributed by atoms with Crippen molar-refractivity contribution >= 4 is 17.7 Å². The minimum Gasteiger partial charge on any atom is -0.339 e. The monoisotopic (exact) mass is 334 g/mol. The minimum absolute atomic E-state index is 0.0706. The lowest BCUT2D eigenvalue weighted by molar-refractivity contribution is -0.119. The zero-order valence-corrected chi connectivity index (χ0v) is 14.8. The third-order valence-electron chi connectivity index (χ3n) is 4.66. The Morgan fingerprint density at radius 3 is 2.74 bits per heavy atom. The van der Waals surface area contributed by atoms with Gasteiger partial charge in [-0.15, -0.1) is 11.5 Å². The Labute approximate surface area is 142 Å². The van der Waals surface area contributed by atoms with Gasteiger partial charge in [0.2, 0.25) is 11.1 Å². The van der Waals surface area contributed by atoms with E-state index in [1.165, 1.54) is 37.4 Å². The van der Waals surface area contributed by atoms with Gasteiger partial charge in [-0.3, -0.25) is 9.89 Å². The molecule has 23 heavy (non-hydrogen) atoms. The Balaban J connectivity index is 1.80. The summed E-state index contributed by atoms with van der Waals surface area (Å²) in [4.78, 5) is 16.6. The van der Waals surface area contributed by atoms with E-state index in [0.29, 0.717) is 5.16 Å². The van der Waals surface area contributed by atoms with Gasteiger partial charge in [-0.05, 0) is 18.8 Å². The summed E-state index contributed by atoms with van der Waals surface area (Å²) >= 11 is 1.35. The van der Waals surface area contributed by atoms with E-state index in [2.05, 4.69) is 26.4 Å². The first-order valence-electron chi connectivity index (χ1n) is 8.43. The Bertz CT molecular complexity index is 553. The summed E-state index contributed by atoms with van der Waals surface area (Å²) in [5.74, 6) is 4.58. The maximum atomic E-state index is 12.1. The molecule has 0 spiro atoms. The van der Waals surface area contributed by atoms with E-state index in [1.54, 1.807) is 0 Å². The fourth-order valence-corrected chi connectivity index (χ4v) is 3.64. The zero-order chi connectivity index (χ0) is 16.7. The number of nitrogens with zero attached hydrogens (tertiary/aromatic N) is 2. The molecular formula is C17H26N4OS. The van der Waals surface area contributed by atoms with Crippen LogP contribution in [0.3, 0.4) is 0 Å². The van der Waals surface area contributed by atoms with Crippen LogP contribution in [-0.4, -0.2) is 32.4 Å². The molecule has 2 rings (SSSR count). The second-order valence-corrected chi connectivity index (χ2v) is 7.13. The predicted octanol–water partition coefficient (Wildman–Crippen LogP) is 2.94. The van der Waals surface area contributed by atoms with Gasteiger partial charge in [0.1, 0.15) is 11.4 Å². The van der Waals surface area contributed by atoms with Crippen molar-refractivity contribution in [1.82, 2.24) is 20.5 Å². The molecule has 0 atom stereocenters. The molecule has 1 heterocycles. The highest BCUT2D eigenvalue weighted by Crippen LogP contribution is 2.27. The van der Waals surface area contributed by atoms with Gasteiger partial charge >= 0.3 is 0 Å². The molecule has 0 unspecified atom stereocenters. The molecule has 0 aromatic carbocycles. The van der Waals surface area contributed by atoms with E-state index in [0.717, 1.165) is 31.0 Å². The number of rotatable bonds is 8. The topological polar surface area (TPSA) is 70.7 Å². The lowest BCUT2D eigenvalue weighted by Gasteiger charge is -2.26. The summed E-state index contributed by atoms with van der Waals surface area (Å²) in [6.45, 7) is 3.97. The van der Waals surface area contributed by atoms with Gasteiger partial charge < -0.3 is 5.32 Å². The summed E-state index contributed by atoms with van der Waals surface area (Å²) in [6, 6.07) is 0. The number of hydrogen-bond acceptors (Lipinski definition) is 4.